The molecule has 0 radical (unpaired) electrons. The summed E-state index contributed by atoms with van der Waals surface area (Å²) in [5.74, 6) is -2.78. The van der Waals surface area contributed by atoms with E-state index in [0.29, 0.717) is 4.90 Å². The van der Waals surface area contributed by atoms with Crippen molar-refractivity contribution in [2.75, 3.05) is 4.90 Å². The topological polar surface area (TPSA) is 86.5 Å². The number of carbonyl (C=O) groups is 1. The summed E-state index contributed by atoms with van der Waals surface area (Å²) in [6, 6.07) is 8.81. The summed E-state index contributed by atoms with van der Waals surface area (Å²) in [5, 5.41) is 18.4. The van der Waals surface area contributed by atoms with Crippen molar-refractivity contribution >= 4 is 11.6 Å². The normalized spacial score (nSPS) is 16.8. The Labute approximate surface area is 154 Å². The number of carbonyl (C=O) groups excluding carboxylic acids is 1. The van der Waals surface area contributed by atoms with E-state index in [-0.39, 0.29) is 17.1 Å². The van der Waals surface area contributed by atoms with Crippen LogP contribution in [0.2, 0.25) is 0 Å². The monoisotopic (exact) mass is 399 g/mol. The SMILES string of the molecule is N#Cc1cccc(CN2C(=O)C(F)(F)Oc3c([C@H](O)C(F)(F)F)cccc32)n1. The number of aliphatic hydroxyl groups excluding tert-OH is 1. The lowest BCUT2D eigenvalue weighted by atomic mass is 10.0. The first kappa shape index (κ1) is 19.5. The van der Waals surface area contributed by atoms with Crippen LogP contribution in [0.4, 0.5) is 27.6 Å². The summed E-state index contributed by atoms with van der Waals surface area (Å²) in [7, 11) is 0. The van der Waals surface area contributed by atoms with Gasteiger partial charge < -0.3 is 9.84 Å². The minimum absolute atomic E-state index is 0.0357. The third-order valence-corrected chi connectivity index (χ3v) is 3.89. The van der Waals surface area contributed by atoms with Crippen molar-refractivity contribution in [2.24, 2.45) is 0 Å². The van der Waals surface area contributed by atoms with E-state index in [0.717, 1.165) is 18.2 Å². The molecule has 1 aromatic carbocycles. The molecule has 0 fully saturated rings. The summed E-state index contributed by atoms with van der Waals surface area (Å²) in [4.78, 5) is 16.5. The molecule has 0 saturated heterocycles. The zero-order valence-electron chi connectivity index (χ0n) is 13.7. The Morgan fingerprint density at radius 1 is 1.25 bits per heavy atom. The lowest BCUT2D eigenvalue weighted by Crippen LogP contribution is -2.50. The molecule has 1 aliphatic heterocycles. The number of hydrogen-bond donors (Lipinski definition) is 1. The molecule has 0 bridgehead atoms. The molecular weight excluding hydrogens is 389 g/mol. The van der Waals surface area contributed by atoms with Gasteiger partial charge in [0.15, 0.2) is 11.9 Å². The van der Waals surface area contributed by atoms with Gasteiger partial charge in [-0.2, -0.15) is 27.2 Å². The number of amides is 1. The van der Waals surface area contributed by atoms with E-state index in [1.165, 1.54) is 18.2 Å². The molecule has 2 aromatic rings. The Morgan fingerprint density at radius 3 is 2.57 bits per heavy atom. The van der Waals surface area contributed by atoms with Gasteiger partial charge >= 0.3 is 18.2 Å². The summed E-state index contributed by atoms with van der Waals surface area (Å²) >= 11 is 0. The molecule has 0 aliphatic carbocycles. The van der Waals surface area contributed by atoms with Crippen LogP contribution in [-0.4, -0.2) is 28.3 Å². The Hall–Kier alpha value is -3.26. The molecule has 0 saturated carbocycles. The number of halogens is 5. The maximum atomic E-state index is 14.1. The van der Waals surface area contributed by atoms with Gasteiger partial charge in [0.25, 0.3) is 0 Å². The third kappa shape index (κ3) is 3.46. The van der Waals surface area contributed by atoms with Crippen LogP contribution in [0, 0.1) is 11.3 Å². The molecule has 11 heteroatoms. The largest absolute Gasteiger partial charge is 0.483 e. The van der Waals surface area contributed by atoms with E-state index in [9.17, 15) is 31.9 Å². The van der Waals surface area contributed by atoms with E-state index >= 15 is 0 Å². The van der Waals surface area contributed by atoms with Crippen LogP contribution < -0.4 is 9.64 Å². The number of ether oxygens (including phenoxy) is 1. The molecule has 28 heavy (non-hydrogen) atoms. The Bertz CT molecular complexity index is 971. The van der Waals surface area contributed by atoms with Crippen molar-refractivity contribution < 1.29 is 36.6 Å². The van der Waals surface area contributed by atoms with Gasteiger partial charge in [0.2, 0.25) is 0 Å². The number of para-hydroxylation sites is 1. The molecule has 6 nitrogen and oxygen atoms in total. The van der Waals surface area contributed by atoms with Crippen molar-refractivity contribution in [3.8, 4) is 11.8 Å². The molecule has 1 N–H and O–H groups in total. The van der Waals surface area contributed by atoms with E-state index in [2.05, 4.69) is 9.72 Å². The minimum atomic E-state index is -5.14. The standard InChI is InChI=1S/C17H10F5N3O3/c18-16(19,20)14(26)11-5-2-6-12-13(11)28-17(21,22)15(27)25(12)8-10-4-1-3-9(7-23)24-10/h1-6,14,26H,8H2/t14-/m0/s1. The summed E-state index contributed by atoms with van der Waals surface area (Å²) in [6.45, 7) is -0.550. The first-order valence-corrected chi connectivity index (χ1v) is 7.67. The quantitative estimate of drug-likeness (QED) is 0.802. The van der Waals surface area contributed by atoms with Crippen molar-refractivity contribution in [3.63, 3.8) is 0 Å². The van der Waals surface area contributed by atoms with E-state index < -0.39 is 42.2 Å². The second-order valence-electron chi connectivity index (χ2n) is 5.78. The Morgan fingerprint density at radius 2 is 1.93 bits per heavy atom. The van der Waals surface area contributed by atoms with Crippen molar-refractivity contribution in [2.45, 2.75) is 24.9 Å². The summed E-state index contributed by atoms with van der Waals surface area (Å²) < 4.78 is 71.0. The fourth-order valence-corrected chi connectivity index (χ4v) is 2.64. The maximum Gasteiger partial charge on any atom is 0.483 e. The minimum Gasteiger partial charge on any atom is -0.423 e. The summed E-state index contributed by atoms with van der Waals surface area (Å²) in [5.41, 5.74) is -1.33. The lowest BCUT2D eigenvalue weighted by Gasteiger charge is -2.35. The Balaban J connectivity index is 2.10. The number of anilines is 1. The fourth-order valence-electron chi connectivity index (χ4n) is 2.64. The molecule has 1 atom stereocenters. The van der Waals surface area contributed by atoms with Crippen molar-refractivity contribution in [1.82, 2.24) is 4.98 Å². The number of nitrogens with zero attached hydrogens (tertiary/aromatic N) is 3. The van der Waals surface area contributed by atoms with Crippen LogP contribution in [0.1, 0.15) is 23.1 Å². The van der Waals surface area contributed by atoms with Gasteiger partial charge in [-0.1, -0.05) is 18.2 Å². The molecule has 146 valence electrons. The van der Waals surface area contributed by atoms with E-state index in [1.807, 2.05) is 0 Å². The van der Waals surface area contributed by atoms with Gasteiger partial charge in [0.05, 0.1) is 17.9 Å². The van der Waals surface area contributed by atoms with Crippen LogP contribution in [0.3, 0.4) is 0 Å². The highest BCUT2D eigenvalue weighted by Gasteiger charge is 2.53. The zero-order valence-corrected chi connectivity index (χ0v) is 13.7. The molecule has 2 heterocycles. The van der Waals surface area contributed by atoms with Gasteiger partial charge in [-0.15, -0.1) is 0 Å². The van der Waals surface area contributed by atoms with Crippen LogP contribution in [0.5, 0.6) is 5.75 Å². The third-order valence-electron chi connectivity index (χ3n) is 3.89. The average molecular weight is 399 g/mol. The number of benzene rings is 1. The molecule has 0 spiro atoms. The van der Waals surface area contributed by atoms with Crippen LogP contribution in [-0.2, 0) is 11.3 Å². The molecule has 1 amide bonds. The first-order valence-electron chi connectivity index (χ1n) is 7.67. The molecular formula is C17H10F5N3O3. The van der Waals surface area contributed by atoms with Crippen molar-refractivity contribution in [3.05, 3.63) is 53.3 Å². The number of alkyl halides is 5. The average Bonchev–Trinajstić information content (AvgIpc) is 2.63. The van der Waals surface area contributed by atoms with Gasteiger partial charge in [-0.25, -0.2) is 4.98 Å². The highest BCUT2D eigenvalue weighted by molar-refractivity contribution is 6.01. The number of rotatable bonds is 3. The number of fused-ring (bicyclic) bond motifs is 1. The second-order valence-corrected chi connectivity index (χ2v) is 5.78. The van der Waals surface area contributed by atoms with Crippen LogP contribution in [0.15, 0.2) is 36.4 Å². The van der Waals surface area contributed by atoms with E-state index in [1.54, 1.807) is 6.07 Å². The van der Waals surface area contributed by atoms with Crippen molar-refractivity contribution in [1.29, 1.82) is 5.26 Å². The predicted octanol–water partition coefficient (Wildman–Crippen LogP) is 3.07. The molecule has 1 aromatic heterocycles. The van der Waals surface area contributed by atoms with Gasteiger partial charge in [0, 0.05) is 5.56 Å². The van der Waals surface area contributed by atoms with Gasteiger partial charge in [-0.3, -0.25) is 9.69 Å². The Kier molecular flexibility index (Phi) is 4.68. The fraction of sp³-hybridized carbons (Fsp3) is 0.235. The number of aliphatic hydroxyl groups is 1. The zero-order chi connectivity index (χ0) is 20.7. The van der Waals surface area contributed by atoms with Gasteiger partial charge in [0.1, 0.15) is 11.8 Å². The molecule has 3 rings (SSSR count). The number of nitriles is 1. The highest BCUT2D eigenvalue weighted by Crippen LogP contribution is 2.47. The first-order chi connectivity index (χ1) is 13.0. The number of pyridine rings is 1. The second kappa shape index (κ2) is 6.72. The van der Waals surface area contributed by atoms with E-state index in [4.69, 9.17) is 5.26 Å². The summed E-state index contributed by atoms with van der Waals surface area (Å²) in [6.07, 6.45) is -12.7. The number of hydrogen-bond acceptors (Lipinski definition) is 5. The highest BCUT2D eigenvalue weighted by atomic mass is 19.4. The number of aromatic nitrogens is 1. The van der Waals surface area contributed by atoms with Gasteiger partial charge in [-0.05, 0) is 18.2 Å². The maximum absolute atomic E-state index is 14.1. The predicted molar refractivity (Wildman–Crippen MR) is 83.2 cm³/mol. The molecule has 1 aliphatic rings. The van der Waals surface area contributed by atoms with Crippen LogP contribution in [0.25, 0.3) is 0 Å². The smallest absolute Gasteiger partial charge is 0.423 e. The lowest BCUT2D eigenvalue weighted by molar-refractivity contribution is -0.211. The van der Waals surface area contributed by atoms with Crippen LogP contribution >= 0.6 is 0 Å². The molecule has 0 unspecified atom stereocenters.